The zero-order valence-corrected chi connectivity index (χ0v) is 15.3. The third kappa shape index (κ3) is 4.83. The van der Waals surface area contributed by atoms with E-state index in [1.165, 1.54) is 36.4 Å². The molecule has 0 aliphatic heterocycles. The first-order valence-corrected chi connectivity index (χ1v) is 8.92. The van der Waals surface area contributed by atoms with Crippen molar-refractivity contribution in [1.82, 2.24) is 10.2 Å². The van der Waals surface area contributed by atoms with Crippen molar-refractivity contribution < 1.29 is 27.1 Å². The van der Waals surface area contributed by atoms with Crippen LogP contribution >= 0.6 is 11.8 Å². The summed E-state index contributed by atoms with van der Waals surface area (Å²) >= 11 is 0.948. The Labute approximate surface area is 162 Å². The SMILES string of the molecule is C[C@H](Sc1nnc(-c2ccccc2F)o1)C(=O)Nc1ccccc1OC(F)F. The number of benzene rings is 2. The summed E-state index contributed by atoms with van der Waals surface area (Å²) in [6.07, 6.45) is 0. The molecule has 1 amide bonds. The molecule has 0 radical (unpaired) electrons. The predicted octanol–water partition coefficient (Wildman–Crippen LogP) is 4.60. The molecule has 1 aromatic heterocycles. The quantitative estimate of drug-likeness (QED) is 0.575. The Hall–Kier alpha value is -3.01. The Morgan fingerprint density at radius 3 is 2.61 bits per heavy atom. The number of thioether (sulfide) groups is 1. The van der Waals surface area contributed by atoms with Crippen LogP contribution in [-0.4, -0.2) is 28.0 Å². The second-order valence-corrected chi connectivity index (χ2v) is 6.77. The number of aromatic nitrogens is 2. The Kier molecular flexibility index (Phi) is 6.19. The van der Waals surface area contributed by atoms with E-state index in [1.54, 1.807) is 19.1 Å². The van der Waals surface area contributed by atoms with Gasteiger partial charge in [-0.05, 0) is 31.2 Å². The summed E-state index contributed by atoms with van der Waals surface area (Å²) in [5.74, 6) is -1.16. The van der Waals surface area contributed by atoms with Gasteiger partial charge in [-0.2, -0.15) is 8.78 Å². The smallest absolute Gasteiger partial charge is 0.387 e. The number of anilines is 1. The number of halogens is 3. The van der Waals surface area contributed by atoms with Crippen LogP contribution in [0, 0.1) is 5.82 Å². The van der Waals surface area contributed by atoms with Gasteiger partial charge in [0.05, 0.1) is 16.5 Å². The fourth-order valence-corrected chi connectivity index (χ4v) is 2.89. The number of nitrogens with one attached hydrogen (secondary N) is 1. The molecule has 0 spiro atoms. The maximum Gasteiger partial charge on any atom is 0.387 e. The highest BCUT2D eigenvalue weighted by Crippen LogP contribution is 2.30. The Balaban J connectivity index is 1.67. The largest absolute Gasteiger partial charge is 0.433 e. The number of hydrogen-bond donors (Lipinski definition) is 1. The summed E-state index contributed by atoms with van der Waals surface area (Å²) < 4.78 is 48.5. The highest BCUT2D eigenvalue weighted by atomic mass is 32.2. The monoisotopic (exact) mass is 409 g/mol. The van der Waals surface area contributed by atoms with E-state index in [0.717, 1.165) is 11.8 Å². The molecule has 0 aliphatic rings. The second kappa shape index (κ2) is 8.79. The van der Waals surface area contributed by atoms with Gasteiger partial charge in [0, 0.05) is 0 Å². The van der Waals surface area contributed by atoms with Gasteiger partial charge in [0.2, 0.25) is 5.91 Å². The third-order valence-corrected chi connectivity index (χ3v) is 4.45. The van der Waals surface area contributed by atoms with E-state index in [0.29, 0.717) is 0 Å². The molecule has 3 rings (SSSR count). The summed E-state index contributed by atoms with van der Waals surface area (Å²) in [5.41, 5.74) is 0.259. The van der Waals surface area contributed by atoms with Crippen LogP contribution in [0.15, 0.2) is 58.2 Å². The average Bonchev–Trinajstić information content (AvgIpc) is 3.11. The number of nitrogens with zero attached hydrogens (tertiary/aromatic N) is 2. The van der Waals surface area contributed by atoms with Crippen molar-refractivity contribution in [2.75, 3.05) is 5.32 Å². The number of ether oxygens (including phenoxy) is 1. The summed E-state index contributed by atoms with van der Waals surface area (Å²) in [7, 11) is 0. The predicted molar refractivity (Wildman–Crippen MR) is 96.7 cm³/mol. The molecule has 0 bridgehead atoms. The molecule has 28 heavy (non-hydrogen) atoms. The number of para-hydroxylation sites is 2. The summed E-state index contributed by atoms with van der Waals surface area (Å²) in [5, 5.41) is 9.46. The number of carbonyl (C=O) groups is 1. The topological polar surface area (TPSA) is 77.2 Å². The molecule has 2 aromatic carbocycles. The van der Waals surface area contributed by atoms with Gasteiger partial charge < -0.3 is 14.5 Å². The van der Waals surface area contributed by atoms with Crippen LogP contribution in [0.4, 0.5) is 18.9 Å². The van der Waals surface area contributed by atoms with Crippen molar-refractivity contribution in [2.45, 2.75) is 24.0 Å². The second-order valence-electron chi connectivity index (χ2n) is 5.48. The van der Waals surface area contributed by atoms with Crippen molar-refractivity contribution >= 4 is 23.4 Å². The van der Waals surface area contributed by atoms with Crippen LogP contribution in [0.2, 0.25) is 0 Å². The molecule has 0 saturated carbocycles. The zero-order chi connectivity index (χ0) is 20.1. The first-order chi connectivity index (χ1) is 13.4. The first-order valence-electron chi connectivity index (χ1n) is 8.04. The van der Waals surface area contributed by atoms with Gasteiger partial charge >= 0.3 is 6.61 Å². The zero-order valence-electron chi connectivity index (χ0n) is 14.4. The highest BCUT2D eigenvalue weighted by Gasteiger charge is 2.21. The van der Waals surface area contributed by atoms with Gasteiger partial charge in [-0.25, -0.2) is 4.39 Å². The number of carbonyl (C=O) groups excluding carboxylic acids is 1. The molecule has 0 fully saturated rings. The van der Waals surface area contributed by atoms with E-state index in [2.05, 4.69) is 20.3 Å². The molecule has 1 N–H and O–H groups in total. The Morgan fingerprint density at radius 1 is 1.14 bits per heavy atom. The molecule has 6 nitrogen and oxygen atoms in total. The minimum atomic E-state index is -3.01. The fraction of sp³-hybridized carbons (Fsp3) is 0.167. The lowest BCUT2D eigenvalue weighted by Gasteiger charge is -2.13. The number of rotatable bonds is 7. The first kappa shape index (κ1) is 19.7. The van der Waals surface area contributed by atoms with E-state index >= 15 is 0 Å². The standard InChI is InChI=1S/C18H14F3N3O3S/c1-10(15(25)22-13-8-4-5-9-14(13)26-17(20)21)28-18-24-23-16(27-18)11-6-2-3-7-12(11)19/h2-10,17H,1H3,(H,22,25)/t10-/m0/s1. The Morgan fingerprint density at radius 2 is 1.86 bits per heavy atom. The maximum absolute atomic E-state index is 13.8. The fourth-order valence-electron chi connectivity index (χ4n) is 2.21. The highest BCUT2D eigenvalue weighted by molar-refractivity contribution is 8.00. The van der Waals surface area contributed by atoms with Crippen molar-refractivity contribution in [2.24, 2.45) is 0 Å². The number of alkyl halides is 2. The van der Waals surface area contributed by atoms with Gasteiger partial charge in [-0.3, -0.25) is 4.79 Å². The molecule has 0 unspecified atom stereocenters. The van der Waals surface area contributed by atoms with E-state index in [4.69, 9.17) is 4.42 Å². The number of hydrogen-bond acceptors (Lipinski definition) is 6. The molecule has 146 valence electrons. The minimum Gasteiger partial charge on any atom is -0.433 e. The van der Waals surface area contributed by atoms with Gasteiger partial charge in [0.15, 0.2) is 0 Å². The van der Waals surface area contributed by atoms with Crippen molar-refractivity contribution in [3.63, 3.8) is 0 Å². The molecular formula is C18H14F3N3O3S. The van der Waals surface area contributed by atoms with Crippen molar-refractivity contribution in [3.05, 3.63) is 54.3 Å². The van der Waals surface area contributed by atoms with Crippen LogP contribution in [0.5, 0.6) is 5.75 Å². The van der Waals surface area contributed by atoms with E-state index in [-0.39, 0.29) is 28.1 Å². The lowest BCUT2D eigenvalue weighted by Crippen LogP contribution is -2.23. The summed E-state index contributed by atoms with van der Waals surface area (Å²) in [6, 6.07) is 11.8. The van der Waals surface area contributed by atoms with E-state index < -0.39 is 23.6 Å². The molecule has 10 heteroatoms. The Bertz CT molecular complexity index is 968. The van der Waals surface area contributed by atoms with Crippen molar-refractivity contribution in [3.8, 4) is 17.2 Å². The van der Waals surface area contributed by atoms with Crippen LogP contribution in [0.3, 0.4) is 0 Å². The van der Waals surface area contributed by atoms with Crippen LogP contribution in [-0.2, 0) is 4.79 Å². The van der Waals surface area contributed by atoms with Crippen LogP contribution in [0.1, 0.15) is 6.92 Å². The molecule has 3 aromatic rings. The van der Waals surface area contributed by atoms with Gasteiger partial charge in [0.25, 0.3) is 11.1 Å². The van der Waals surface area contributed by atoms with E-state index in [1.807, 2.05) is 0 Å². The lowest BCUT2D eigenvalue weighted by atomic mass is 10.2. The van der Waals surface area contributed by atoms with Crippen LogP contribution < -0.4 is 10.1 Å². The lowest BCUT2D eigenvalue weighted by molar-refractivity contribution is -0.115. The summed E-state index contributed by atoms with van der Waals surface area (Å²) in [6.45, 7) is -1.44. The average molecular weight is 409 g/mol. The molecule has 1 atom stereocenters. The number of amides is 1. The van der Waals surface area contributed by atoms with Gasteiger partial charge in [-0.15, -0.1) is 10.2 Å². The molecule has 0 aliphatic carbocycles. The van der Waals surface area contributed by atoms with Crippen LogP contribution in [0.25, 0.3) is 11.5 Å². The van der Waals surface area contributed by atoms with E-state index in [9.17, 15) is 18.0 Å². The van der Waals surface area contributed by atoms with Gasteiger partial charge in [0.1, 0.15) is 11.6 Å². The van der Waals surface area contributed by atoms with Crippen molar-refractivity contribution in [1.29, 1.82) is 0 Å². The van der Waals surface area contributed by atoms with Gasteiger partial charge in [-0.1, -0.05) is 36.0 Å². The molecular weight excluding hydrogens is 395 g/mol. The third-order valence-electron chi connectivity index (χ3n) is 3.52. The molecule has 1 heterocycles. The molecule has 0 saturated heterocycles. The normalized spacial score (nSPS) is 12.0. The summed E-state index contributed by atoms with van der Waals surface area (Å²) in [4.78, 5) is 12.4. The maximum atomic E-state index is 13.8. The minimum absolute atomic E-state index is 0.0103.